The molecule has 0 saturated heterocycles. The fraction of sp³-hybridized carbons (Fsp3) is 0.304. The van der Waals surface area contributed by atoms with Crippen molar-refractivity contribution in [3.05, 3.63) is 71.8 Å². The first-order chi connectivity index (χ1) is 15.3. The van der Waals surface area contributed by atoms with Crippen LogP contribution in [0, 0.1) is 0 Å². The van der Waals surface area contributed by atoms with Gasteiger partial charge < -0.3 is 26.7 Å². The van der Waals surface area contributed by atoms with E-state index in [1.54, 1.807) is 48.5 Å². The Hall–Kier alpha value is -3.40. The Labute approximate surface area is 185 Å². The summed E-state index contributed by atoms with van der Waals surface area (Å²) in [7, 11) is 0. The van der Waals surface area contributed by atoms with Crippen molar-refractivity contribution in [2.45, 2.75) is 43.8 Å². The van der Waals surface area contributed by atoms with Crippen molar-refractivity contribution in [2.24, 2.45) is 17.2 Å². The molecule has 32 heavy (non-hydrogen) atoms. The molecule has 3 unspecified atom stereocenters. The van der Waals surface area contributed by atoms with E-state index < -0.39 is 42.0 Å². The van der Waals surface area contributed by atoms with Gasteiger partial charge in [0, 0.05) is 6.42 Å². The Bertz CT molecular complexity index is 920. The third-order valence-electron chi connectivity index (χ3n) is 4.58. The van der Waals surface area contributed by atoms with Crippen LogP contribution in [0.15, 0.2) is 60.7 Å². The molecule has 2 rings (SSSR count). The number of rotatable bonds is 10. The molecule has 0 amide bonds. The van der Waals surface area contributed by atoms with Gasteiger partial charge in [-0.15, -0.1) is 0 Å². The zero-order valence-corrected chi connectivity index (χ0v) is 17.5. The second-order valence-electron chi connectivity index (χ2n) is 7.27. The highest BCUT2D eigenvalue weighted by Crippen LogP contribution is 2.07. The van der Waals surface area contributed by atoms with E-state index in [0.29, 0.717) is 0 Å². The quantitative estimate of drug-likeness (QED) is 0.349. The van der Waals surface area contributed by atoms with Gasteiger partial charge in [-0.3, -0.25) is 4.79 Å². The molecule has 0 aliphatic rings. The first-order valence-electron chi connectivity index (χ1n) is 10.1. The summed E-state index contributed by atoms with van der Waals surface area (Å²) in [6, 6.07) is 14.7. The maximum Gasteiger partial charge on any atom is 0.330 e. The van der Waals surface area contributed by atoms with Gasteiger partial charge in [0.1, 0.15) is 18.1 Å². The summed E-state index contributed by atoms with van der Waals surface area (Å²) in [6.45, 7) is 0. The minimum absolute atomic E-state index is 0.180. The van der Waals surface area contributed by atoms with Gasteiger partial charge in [-0.1, -0.05) is 60.7 Å². The van der Waals surface area contributed by atoms with Crippen molar-refractivity contribution in [1.29, 1.82) is 0 Å². The van der Waals surface area contributed by atoms with Gasteiger partial charge >= 0.3 is 23.9 Å². The SMILES string of the molecule is NC(Cc1ccccc1)C(=O)OC(=O)CCC(N)C(=O)OC(=O)C(N)Cc1ccccc1. The van der Waals surface area contributed by atoms with Crippen molar-refractivity contribution in [3.8, 4) is 0 Å². The zero-order chi connectivity index (χ0) is 23.5. The van der Waals surface area contributed by atoms with Gasteiger partial charge in [-0.2, -0.15) is 0 Å². The lowest BCUT2D eigenvalue weighted by Crippen LogP contribution is -2.41. The zero-order valence-electron chi connectivity index (χ0n) is 17.5. The highest BCUT2D eigenvalue weighted by Gasteiger charge is 2.25. The van der Waals surface area contributed by atoms with E-state index >= 15 is 0 Å². The van der Waals surface area contributed by atoms with Crippen molar-refractivity contribution in [1.82, 2.24) is 0 Å². The van der Waals surface area contributed by atoms with Crippen LogP contribution in [-0.4, -0.2) is 42.0 Å². The standard InChI is InChI=1S/C23H27N3O6/c24-17(21(28)32-23(30)19(26)14-16-9-5-2-6-10-16)11-12-20(27)31-22(29)18(25)13-15-7-3-1-4-8-15/h1-10,17-19H,11-14,24-26H2. The van der Waals surface area contributed by atoms with E-state index in [1.165, 1.54) is 0 Å². The molecule has 0 heterocycles. The Morgan fingerprint density at radius 2 is 1.03 bits per heavy atom. The minimum Gasteiger partial charge on any atom is -0.392 e. The second kappa shape index (κ2) is 12.5. The first kappa shape index (κ1) is 24.9. The maximum atomic E-state index is 12.0. The summed E-state index contributed by atoms with van der Waals surface area (Å²) in [5, 5.41) is 0. The number of hydrogen-bond donors (Lipinski definition) is 3. The predicted octanol–water partition coefficient (Wildman–Crippen LogP) is 0.374. The van der Waals surface area contributed by atoms with Gasteiger partial charge in [-0.25, -0.2) is 14.4 Å². The van der Waals surface area contributed by atoms with Crippen molar-refractivity contribution in [2.75, 3.05) is 0 Å². The molecule has 9 heteroatoms. The van der Waals surface area contributed by atoms with Crippen LogP contribution >= 0.6 is 0 Å². The number of hydrogen-bond acceptors (Lipinski definition) is 9. The third kappa shape index (κ3) is 8.38. The lowest BCUT2D eigenvalue weighted by molar-refractivity contribution is -0.161. The van der Waals surface area contributed by atoms with E-state index in [1.807, 2.05) is 12.1 Å². The normalized spacial score (nSPS) is 13.5. The van der Waals surface area contributed by atoms with Crippen molar-refractivity contribution in [3.63, 3.8) is 0 Å². The Morgan fingerprint density at radius 3 is 1.50 bits per heavy atom. The molecule has 0 aliphatic heterocycles. The molecule has 3 atom stereocenters. The molecule has 0 saturated carbocycles. The molecule has 0 fully saturated rings. The lowest BCUT2D eigenvalue weighted by Gasteiger charge is -2.14. The van der Waals surface area contributed by atoms with E-state index in [-0.39, 0.29) is 25.7 Å². The van der Waals surface area contributed by atoms with Gasteiger partial charge in [0.05, 0.1) is 0 Å². The first-order valence-corrected chi connectivity index (χ1v) is 10.1. The molecule has 0 radical (unpaired) electrons. The molecular weight excluding hydrogens is 414 g/mol. The summed E-state index contributed by atoms with van der Waals surface area (Å²) >= 11 is 0. The molecule has 0 spiro atoms. The average molecular weight is 441 g/mol. The van der Waals surface area contributed by atoms with E-state index in [0.717, 1.165) is 11.1 Å². The Morgan fingerprint density at radius 1 is 0.625 bits per heavy atom. The molecule has 0 aromatic heterocycles. The van der Waals surface area contributed by atoms with Crippen LogP contribution in [-0.2, 0) is 41.5 Å². The fourth-order valence-corrected chi connectivity index (χ4v) is 2.78. The summed E-state index contributed by atoms with van der Waals surface area (Å²) < 4.78 is 9.40. The maximum absolute atomic E-state index is 12.0. The average Bonchev–Trinajstić information content (AvgIpc) is 2.78. The summed E-state index contributed by atoms with van der Waals surface area (Å²) in [4.78, 5) is 47.8. The second-order valence-corrected chi connectivity index (χ2v) is 7.27. The topological polar surface area (TPSA) is 165 Å². The Kier molecular flexibility index (Phi) is 9.68. The van der Waals surface area contributed by atoms with Crippen LogP contribution in [0.1, 0.15) is 24.0 Å². The number of ether oxygens (including phenoxy) is 2. The van der Waals surface area contributed by atoms with Gasteiger partial charge in [0.2, 0.25) is 0 Å². The molecule has 0 bridgehead atoms. The lowest BCUT2D eigenvalue weighted by atomic mass is 10.1. The number of esters is 4. The largest absolute Gasteiger partial charge is 0.392 e. The van der Waals surface area contributed by atoms with Crippen LogP contribution in [0.4, 0.5) is 0 Å². The van der Waals surface area contributed by atoms with Gasteiger partial charge in [0.25, 0.3) is 0 Å². The summed E-state index contributed by atoms with van der Waals surface area (Å²) in [5.41, 5.74) is 18.8. The van der Waals surface area contributed by atoms with Crippen LogP contribution in [0.3, 0.4) is 0 Å². The number of nitrogens with two attached hydrogens (primary N) is 3. The smallest absolute Gasteiger partial charge is 0.330 e. The van der Waals surface area contributed by atoms with Crippen LogP contribution in [0.5, 0.6) is 0 Å². The van der Waals surface area contributed by atoms with E-state index in [4.69, 9.17) is 26.7 Å². The van der Waals surface area contributed by atoms with Crippen LogP contribution in [0.2, 0.25) is 0 Å². The highest BCUT2D eigenvalue weighted by atomic mass is 16.6. The van der Waals surface area contributed by atoms with Crippen LogP contribution < -0.4 is 17.2 Å². The molecule has 9 nitrogen and oxygen atoms in total. The molecule has 170 valence electrons. The van der Waals surface area contributed by atoms with Crippen LogP contribution in [0.25, 0.3) is 0 Å². The number of carbonyl (C=O) groups is 4. The molecule has 0 aliphatic carbocycles. The molecule has 6 N–H and O–H groups in total. The summed E-state index contributed by atoms with van der Waals surface area (Å²) in [5.74, 6) is -3.69. The Balaban J connectivity index is 1.71. The van der Waals surface area contributed by atoms with E-state index in [9.17, 15) is 19.2 Å². The van der Waals surface area contributed by atoms with Gasteiger partial charge in [-0.05, 0) is 30.4 Å². The highest BCUT2D eigenvalue weighted by molar-refractivity contribution is 5.91. The van der Waals surface area contributed by atoms with E-state index in [2.05, 4.69) is 0 Å². The van der Waals surface area contributed by atoms with Gasteiger partial charge in [0.15, 0.2) is 0 Å². The molecule has 2 aromatic carbocycles. The summed E-state index contributed by atoms with van der Waals surface area (Å²) in [6.07, 6.45) is -0.103. The minimum atomic E-state index is -1.26. The fourth-order valence-electron chi connectivity index (χ4n) is 2.78. The van der Waals surface area contributed by atoms with Crippen molar-refractivity contribution < 1.29 is 28.7 Å². The number of benzene rings is 2. The third-order valence-corrected chi connectivity index (χ3v) is 4.58. The monoisotopic (exact) mass is 441 g/mol. The number of carbonyl (C=O) groups excluding carboxylic acids is 4. The predicted molar refractivity (Wildman–Crippen MR) is 116 cm³/mol. The molecule has 2 aromatic rings. The van der Waals surface area contributed by atoms with Crippen molar-refractivity contribution >= 4 is 23.9 Å². The molecular formula is C23H27N3O6.